The Hall–Kier alpha value is -6.19. The number of furan rings is 1. The fraction of sp³-hybridized carbons (Fsp3) is 0.232. The first-order valence-corrected chi connectivity index (χ1v) is 21.7. The van der Waals surface area contributed by atoms with Gasteiger partial charge in [-0.2, -0.15) is 4.57 Å². The van der Waals surface area contributed by atoms with E-state index in [4.69, 9.17) is 4.42 Å². The second kappa shape index (κ2) is 14.9. The summed E-state index contributed by atoms with van der Waals surface area (Å²) in [6.45, 7) is 14.5. The molecule has 4 aromatic heterocycles. The Kier molecular flexibility index (Phi) is 9.36. The summed E-state index contributed by atoms with van der Waals surface area (Å²) >= 11 is 0. The van der Waals surface area contributed by atoms with Crippen molar-refractivity contribution in [1.29, 1.82) is 0 Å². The minimum atomic E-state index is 0.468. The van der Waals surface area contributed by atoms with E-state index in [1.807, 2.05) is 0 Å². The van der Waals surface area contributed by atoms with Gasteiger partial charge in [-0.05, 0) is 128 Å². The Balaban J connectivity index is 1.09. The highest BCUT2D eigenvalue weighted by molar-refractivity contribution is 6.29. The summed E-state index contributed by atoms with van der Waals surface area (Å²) in [5, 5.41) is 6.27. The van der Waals surface area contributed by atoms with Gasteiger partial charge in [0.15, 0.2) is 11.8 Å². The summed E-state index contributed by atoms with van der Waals surface area (Å²) in [7, 11) is 0. The molecule has 1 aliphatic carbocycles. The second-order valence-electron chi connectivity index (χ2n) is 16.9. The van der Waals surface area contributed by atoms with Crippen molar-refractivity contribution in [2.75, 3.05) is 0 Å². The van der Waals surface area contributed by atoms with Crippen molar-refractivity contribution in [2.24, 2.45) is 5.92 Å². The molecule has 1 aliphatic rings. The van der Waals surface area contributed by atoms with Gasteiger partial charge in [0.1, 0.15) is 12.3 Å². The zero-order chi connectivity index (χ0) is 40.4. The zero-order valence-electron chi connectivity index (χ0n) is 35.3. The van der Waals surface area contributed by atoms with Crippen LogP contribution in [-0.2, 0) is 6.54 Å². The molecule has 2 unspecified atom stereocenters. The second-order valence-corrected chi connectivity index (χ2v) is 16.9. The Labute approximate surface area is 348 Å². The first-order chi connectivity index (χ1) is 28.9. The molecule has 0 amide bonds. The largest absolute Gasteiger partial charge is 0.458 e. The van der Waals surface area contributed by atoms with E-state index in [9.17, 15) is 0 Å². The number of aryl methyl sites for hydroxylation is 4. The lowest BCUT2D eigenvalue weighted by atomic mass is 9.80. The van der Waals surface area contributed by atoms with Crippen LogP contribution in [0.2, 0.25) is 0 Å². The van der Waals surface area contributed by atoms with Crippen molar-refractivity contribution in [2.45, 2.75) is 79.7 Å². The Morgan fingerprint density at radius 3 is 2.42 bits per heavy atom. The van der Waals surface area contributed by atoms with Crippen LogP contribution in [0.1, 0.15) is 85.9 Å². The molecule has 0 fully saturated rings. The molecule has 2 atom stereocenters. The molecule has 0 saturated heterocycles. The third kappa shape index (κ3) is 5.96. The minimum absolute atomic E-state index is 0.468. The Morgan fingerprint density at radius 2 is 1.59 bits per heavy atom. The molecule has 3 heteroatoms. The van der Waals surface area contributed by atoms with Crippen molar-refractivity contribution in [3.8, 4) is 22.4 Å². The smallest absolute Gasteiger partial charge is 0.212 e. The van der Waals surface area contributed by atoms with Crippen molar-refractivity contribution in [1.82, 2.24) is 4.40 Å². The lowest BCUT2D eigenvalue weighted by molar-refractivity contribution is -0.686. The summed E-state index contributed by atoms with van der Waals surface area (Å²) in [6, 6.07) is 38.7. The van der Waals surface area contributed by atoms with Gasteiger partial charge in [0.2, 0.25) is 5.69 Å². The maximum atomic E-state index is 6.71. The molecule has 0 N–H and O–H groups in total. The average Bonchev–Trinajstić information content (AvgIpc) is 3.89. The van der Waals surface area contributed by atoms with E-state index >= 15 is 0 Å². The van der Waals surface area contributed by atoms with E-state index in [1.54, 1.807) is 0 Å². The molecule has 0 radical (unpaired) electrons. The van der Waals surface area contributed by atoms with E-state index < -0.39 is 0 Å². The summed E-state index contributed by atoms with van der Waals surface area (Å²) in [4.78, 5) is 0. The molecule has 0 aliphatic heterocycles. The van der Waals surface area contributed by atoms with Crippen molar-refractivity contribution in [3.63, 3.8) is 0 Å². The summed E-state index contributed by atoms with van der Waals surface area (Å²) in [5.74, 6) is 2.02. The lowest BCUT2D eigenvalue weighted by Crippen LogP contribution is -2.36. The summed E-state index contributed by atoms with van der Waals surface area (Å²) in [6.07, 6.45) is 18.0. The number of nitrogens with zero attached hydrogens (tertiary/aromatic N) is 2. The molecule has 5 aromatic carbocycles. The number of hydrogen-bond donors (Lipinski definition) is 0. The van der Waals surface area contributed by atoms with Crippen LogP contribution < -0.4 is 4.57 Å². The van der Waals surface area contributed by atoms with Gasteiger partial charge in [-0.3, -0.25) is 0 Å². The van der Waals surface area contributed by atoms with Crippen LogP contribution in [-0.4, -0.2) is 4.40 Å². The maximum absolute atomic E-state index is 6.71. The number of fused-ring (bicyclic) bond motifs is 8. The van der Waals surface area contributed by atoms with E-state index in [1.165, 1.54) is 89.2 Å². The SMILES string of the molecule is C/C=C\c1c(C)oc2c1ccc1c3cc(-c4ccccc4)c(C)c4c5cc(-c6cccc[n+]6CCCC(C)c6ccccc6C6=CC=CCC6CC)c(C)cc5n(c12)c34. The van der Waals surface area contributed by atoms with Gasteiger partial charge in [-0.1, -0.05) is 105 Å². The third-order valence-electron chi connectivity index (χ3n) is 13.4. The van der Waals surface area contributed by atoms with Crippen molar-refractivity contribution in [3.05, 3.63) is 167 Å². The van der Waals surface area contributed by atoms with Gasteiger partial charge in [0.25, 0.3) is 0 Å². The highest BCUT2D eigenvalue weighted by Gasteiger charge is 2.27. The van der Waals surface area contributed by atoms with Crippen molar-refractivity contribution >= 4 is 60.7 Å². The Morgan fingerprint density at radius 1 is 0.814 bits per heavy atom. The molecule has 9 aromatic rings. The van der Waals surface area contributed by atoms with Crippen LogP contribution in [0.3, 0.4) is 0 Å². The fourth-order valence-electron chi connectivity index (χ4n) is 10.5. The van der Waals surface area contributed by atoms with Gasteiger partial charge in [-0.25, -0.2) is 0 Å². The zero-order valence-corrected chi connectivity index (χ0v) is 35.3. The standard InChI is InChI=1S/C56H53N2O/c1-7-19-42-38(6)59-56-46(42)29-28-45-49-34-48(40-22-10-9-11-23-40)37(5)53-50-33-47(36(4)32-52(50)58(54(49)53)55(45)56)51-27-16-17-30-57(51)31-18-20-35(3)41-24-14-15-26-44(41)43-25-13-12-21-39(43)8-2/h7,9-17,19,22-30,32-35,39H,8,18,20-21,31H2,1-6H3/q+1/b19-7-. The monoisotopic (exact) mass is 769 g/mol. The summed E-state index contributed by atoms with van der Waals surface area (Å²) in [5.41, 5.74) is 17.9. The van der Waals surface area contributed by atoms with Gasteiger partial charge >= 0.3 is 0 Å². The lowest BCUT2D eigenvalue weighted by Gasteiger charge is -2.24. The maximum Gasteiger partial charge on any atom is 0.212 e. The summed E-state index contributed by atoms with van der Waals surface area (Å²) < 4.78 is 11.7. The Bertz CT molecular complexity index is 3150. The molecule has 0 bridgehead atoms. The van der Waals surface area contributed by atoms with Gasteiger partial charge in [0, 0.05) is 56.6 Å². The molecular weight excluding hydrogens is 717 g/mol. The molecule has 0 spiro atoms. The highest BCUT2D eigenvalue weighted by Crippen LogP contribution is 2.48. The first-order valence-electron chi connectivity index (χ1n) is 21.7. The number of benzene rings is 5. The van der Waals surface area contributed by atoms with Crippen LogP contribution in [0.15, 0.2) is 138 Å². The predicted molar refractivity (Wildman–Crippen MR) is 250 cm³/mol. The number of pyridine rings is 1. The molecule has 59 heavy (non-hydrogen) atoms. The quantitative estimate of drug-likeness (QED) is 0.127. The van der Waals surface area contributed by atoms with Crippen molar-refractivity contribution < 1.29 is 8.98 Å². The first kappa shape index (κ1) is 37.1. The molecule has 292 valence electrons. The average molecular weight is 770 g/mol. The molecule has 10 rings (SSSR count). The van der Waals surface area contributed by atoms with Crippen LogP contribution in [0.4, 0.5) is 0 Å². The molecular formula is C56H53N2O+. The fourth-order valence-corrected chi connectivity index (χ4v) is 10.5. The molecule has 3 nitrogen and oxygen atoms in total. The van der Waals surface area contributed by atoms with E-state index in [2.05, 4.69) is 190 Å². The molecule has 4 heterocycles. The van der Waals surface area contributed by atoms with Crippen LogP contribution in [0, 0.1) is 26.7 Å². The van der Waals surface area contributed by atoms with Gasteiger partial charge in [0.05, 0.1) is 16.6 Å². The van der Waals surface area contributed by atoms with Gasteiger partial charge in [-0.15, -0.1) is 0 Å². The molecule has 0 saturated carbocycles. The number of hydrogen-bond acceptors (Lipinski definition) is 1. The topological polar surface area (TPSA) is 21.4 Å². The van der Waals surface area contributed by atoms with Crippen LogP contribution in [0.25, 0.3) is 83.1 Å². The van der Waals surface area contributed by atoms with Crippen LogP contribution in [0.5, 0.6) is 0 Å². The normalized spacial score (nSPS) is 15.2. The van der Waals surface area contributed by atoms with Gasteiger partial charge < -0.3 is 8.82 Å². The van der Waals surface area contributed by atoms with E-state index in [0.717, 1.165) is 53.6 Å². The highest BCUT2D eigenvalue weighted by atomic mass is 16.3. The number of rotatable bonds is 10. The third-order valence-corrected chi connectivity index (χ3v) is 13.4. The van der Waals surface area contributed by atoms with Crippen LogP contribution >= 0.6 is 0 Å². The van der Waals surface area contributed by atoms with E-state index in [-0.39, 0.29) is 0 Å². The number of allylic oxidation sites excluding steroid dienone is 5. The van der Waals surface area contributed by atoms with E-state index in [0.29, 0.717) is 11.8 Å². The minimum Gasteiger partial charge on any atom is -0.458 e. The predicted octanol–water partition coefficient (Wildman–Crippen LogP) is 15.1. The number of aromatic nitrogens is 2.